The second-order valence-corrected chi connectivity index (χ2v) is 5.83. The van der Waals surface area contributed by atoms with Crippen molar-refractivity contribution in [2.75, 3.05) is 6.54 Å². The highest BCUT2D eigenvalue weighted by Crippen LogP contribution is 2.31. The summed E-state index contributed by atoms with van der Waals surface area (Å²) in [5, 5.41) is 2.99. The lowest BCUT2D eigenvalue weighted by molar-refractivity contribution is 0.476. The first kappa shape index (κ1) is 13.2. The number of hydrogen-bond acceptors (Lipinski definition) is 3. The van der Waals surface area contributed by atoms with Crippen LogP contribution in [0.25, 0.3) is 10.6 Å². The van der Waals surface area contributed by atoms with Gasteiger partial charge in [-0.05, 0) is 37.2 Å². The van der Waals surface area contributed by atoms with Crippen LogP contribution in [0.5, 0.6) is 0 Å². The number of benzene rings is 1. The second-order valence-electron chi connectivity index (χ2n) is 4.97. The first-order valence-electron chi connectivity index (χ1n) is 5.95. The molecule has 2 N–H and O–H groups in total. The van der Waals surface area contributed by atoms with Crippen molar-refractivity contribution in [1.29, 1.82) is 0 Å². The quantitative estimate of drug-likeness (QED) is 0.916. The molecule has 0 amide bonds. The van der Waals surface area contributed by atoms with Crippen LogP contribution in [0.1, 0.15) is 26.0 Å². The summed E-state index contributed by atoms with van der Waals surface area (Å²) in [5.74, 6) is -0.223. The van der Waals surface area contributed by atoms with E-state index in [-0.39, 0.29) is 11.2 Å². The number of nitrogens with two attached hydrogens (primary N) is 1. The zero-order chi connectivity index (χ0) is 13.2. The fourth-order valence-corrected chi connectivity index (χ4v) is 2.82. The molecule has 0 saturated carbocycles. The van der Waals surface area contributed by atoms with Crippen molar-refractivity contribution >= 4 is 11.3 Å². The minimum atomic E-state index is -0.223. The molecule has 2 rings (SSSR count). The van der Waals surface area contributed by atoms with Crippen LogP contribution in [0, 0.1) is 5.82 Å². The van der Waals surface area contributed by atoms with Crippen molar-refractivity contribution in [2.45, 2.75) is 25.7 Å². The molecule has 0 unspecified atom stereocenters. The fourth-order valence-electron chi connectivity index (χ4n) is 1.80. The molecule has 0 atom stereocenters. The average Bonchev–Trinajstić information content (AvgIpc) is 2.80. The van der Waals surface area contributed by atoms with E-state index >= 15 is 0 Å². The first-order valence-corrected chi connectivity index (χ1v) is 6.83. The molecule has 0 aliphatic heterocycles. The van der Waals surface area contributed by atoms with Gasteiger partial charge in [0.2, 0.25) is 0 Å². The topological polar surface area (TPSA) is 38.9 Å². The van der Waals surface area contributed by atoms with Gasteiger partial charge in [0.05, 0.1) is 5.69 Å². The van der Waals surface area contributed by atoms with Crippen molar-refractivity contribution < 1.29 is 4.39 Å². The van der Waals surface area contributed by atoms with Gasteiger partial charge < -0.3 is 5.73 Å². The smallest absolute Gasteiger partial charge is 0.123 e. The van der Waals surface area contributed by atoms with Gasteiger partial charge in [-0.15, -0.1) is 11.3 Å². The van der Waals surface area contributed by atoms with Crippen LogP contribution in [-0.4, -0.2) is 11.5 Å². The van der Waals surface area contributed by atoms with Crippen LogP contribution in [-0.2, 0) is 5.41 Å². The molecular formula is C14H17FN2S. The summed E-state index contributed by atoms with van der Waals surface area (Å²) in [4.78, 5) is 4.64. The molecule has 0 radical (unpaired) electrons. The van der Waals surface area contributed by atoms with E-state index in [4.69, 9.17) is 5.73 Å². The monoisotopic (exact) mass is 264 g/mol. The highest BCUT2D eigenvalue weighted by atomic mass is 32.1. The zero-order valence-corrected chi connectivity index (χ0v) is 11.4. The Morgan fingerprint density at radius 3 is 2.56 bits per heavy atom. The predicted octanol–water partition coefficient (Wildman–Crippen LogP) is 3.58. The Kier molecular flexibility index (Phi) is 3.78. The number of hydrogen-bond donors (Lipinski definition) is 1. The lowest BCUT2D eigenvalue weighted by atomic mass is 9.86. The molecule has 0 aliphatic rings. The molecule has 2 nitrogen and oxygen atoms in total. The largest absolute Gasteiger partial charge is 0.330 e. The van der Waals surface area contributed by atoms with Gasteiger partial charge in [-0.25, -0.2) is 9.37 Å². The van der Waals surface area contributed by atoms with Crippen LogP contribution in [0.15, 0.2) is 29.6 Å². The summed E-state index contributed by atoms with van der Waals surface area (Å²) >= 11 is 1.59. The Morgan fingerprint density at radius 1 is 1.28 bits per heavy atom. The Labute approximate surface area is 111 Å². The third-order valence-corrected chi connectivity index (χ3v) is 3.95. The Bertz CT molecular complexity index is 517. The van der Waals surface area contributed by atoms with E-state index in [0.717, 1.165) is 22.7 Å². The first-order chi connectivity index (χ1) is 8.53. The third-order valence-electron chi connectivity index (χ3n) is 3.06. The predicted molar refractivity (Wildman–Crippen MR) is 74.2 cm³/mol. The molecule has 2 aromatic rings. The lowest BCUT2D eigenvalue weighted by Crippen LogP contribution is -2.22. The van der Waals surface area contributed by atoms with Crippen molar-refractivity contribution in [3.63, 3.8) is 0 Å². The molecule has 0 spiro atoms. The summed E-state index contributed by atoms with van der Waals surface area (Å²) in [5.41, 5.74) is 7.62. The van der Waals surface area contributed by atoms with Crippen LogP contribution >= 0.6 is 11.3 Å². The van der Waals surface area contributed by atoms with E-state index in [1.807, 2.05) is 0 Å². The minimum absolute atomic E-state index is 0.0104. The number of halogens is 1. The number of rotatable bonds is 4. The van der Waals surface area contributed by atoms with Gasteiger partial charge in [-0.2, -0.15) is 0 Å². The van der Waals surface area contributed by atoms with Crippen molar-refractivity contribution in [1.82, 2.24) is 4.98 Å². The maximum atomic E-state index is 12.9. The third kappa shape index (κ3) is 2.76. The van der Waals surface area contributed by atoms with Gasteiger partial charge in [-0.3, -0.25) is 0 Å². The highest BCUT2D eigenvalue weighted by Gasteiger charge is 2.22. The van der Waals surface area contributed by atoms with E-state index in [1.165, 1.54) is 12.1 Å². The summed E-state index contributed by atoms with van der Waals surface area (Å²) in [6.07, 6.45) is 0.902. The highest BCUT2D eigenvalue weighted by molar-refractivity contribution is 7.13. The molecule has 4 heteroatoms. The SMILES string of the molecule is CC(C)(CCN)c1csc(-c2ccc(F)cc2)n1. The van der Waals surface area contributed by atoms with E-state index in [2.05, 4.69) is 24.2 Å². The Hall–Kier alpha value is -1.26. The van der Waals surface area contributed by atoms with Gasteiger partial charge in [0.1, 0.15) is 10.8 Å². The molecule has 0 saturated heterocycles. The molecule has 0 bridgehead atoms. The summed E-state index contributed by atoms with van der Waals surface area (Å²) in [6, 6.07) is 6.44. The van der Waals surface area contributed by atoms with Crippen LogP contribution in [0.3, 0.4) is 0 Å². The van der Waals surface area contributed by atoms with Crippen molar-refractivity contribution in [3.8, 4) is 10.6 Å². The molecule has 0 aliphatic carbocycles. The van der Waals surface area contributed by atoms with E-state index in [9.17, 15) is 4.39 Å². The summed E-state index contributed by atoms with van der Waals surface area (Å²) < 4.78 is 12.9. The fraction of sp³-hybridized carbons (Fsp3) is 0.357. The molecular weight excluding hydrogens is 247 g/mol. The molecule has 1 heterocycles. The minimum Gasteiger partial charge on any atom is -0.330 e. The van der Waals surface area contributed by atoms with Gasteiger partial charge in [0.15, 0.2) is 0 Å². The number of nitrogens with zero attached hydrogens (tertiary/aromatic N) is 1. The van der Waals surface area contributed by atoms with Gasteiger partial charge >= 0.3 is 0 Å². The summed E-state index contributed by atoms with van der Waals surface area (Å²) in [7, 11) is 0. The second kappa shape index (κ2) is 5.16. The van der Waals surface area contributed by atoms with Crippen molar-refractivity contribution in [3.05, 3.63) is 41.2 Å². The van der Waals surface area contributed by atoms with Gasteiger partial charge in [0.25, 0.3) is 0 Å². The zero-order valence-electron chi connectivity index (χ0n) is 10.6. The maximum absolute atomic E-state index is 12.9. The molecule has 18 heavy (non-hydrogen) atoms. The van der Waals surface area contributed by atoms with E-state index in [1.54, 1.807) is 23.5 Å². The van der Waals surface area contributed by atoms with Gasteiger partial charge in [-0.1, -0.05) is 13.8 Å². The number of thiazole rings is 1. The van der Waals surface area contributed by atoms with Crippen LogP contribution in [0.4, 0.5) is 4.39 Å². The lowest BCUT2D eigenvalue weighted by Gasteiger charge is -2.21. The van der Waals surface area contributed by atoms with Crippen LogP contribution < -0.4 is 5.73 Å². The van der Waals surface area contributed by atoms with E-state index < -0.39 is 0 Å². The molecule has 1 aromatic carbocycles. The Morgan fingerprint density at radius 2 is 1.94 bits per heavy atom. The number of aromatic nitrogens is 1. The molecule has 0 fully saturated rings. The summed E-state index contributed by atoms with van der Waals surface area (Å²) in [6.45, 7) is 4.93. The van der Waals surface area contributed by atoms with Crippen LogP contribution in [0.2, 0.25) is 0 Å². The van der Waals surface area contributed by atoms with Crippen molar-refractivity contribution in [2.24, 2.45) is 5.73 Å². The molecule has 96 valence electrons. The average molecular weight is 264 g/mol. The van der Waals surface area contributed by atoms with E-state index in [0.29, 0.717) is 6.54 Å². The Balaban J connectivity index is 2.28. The molecule has 1 aromatic heterocycles. The standard InChI is InChI=1S/C14H17FN2S/c1-14(2,7-8-16)12-9-18-13(17-12)10-3-5-11(15)6-4-10/h3-6,9H,7-8,16H2,1-2H3. The normalized spacial score (nSPS) is 11.8. The van der Waals surface area contributed by atoms with Gasteiger partial charge in [0, 0.05) is 16.4 Å². The maximum Gasteiger partial charge on any atom is 0.123 e.